The molecule has 0 fully saturated rings. The lowest BCUT2D eigenvalue weighted by molar-refractivity contribution is -0.115. The Bertz CT molecular complexity index is 1030. The van der Waals surface area contributed by atoms with Gasteiger partial charge in [-0.2, -0.15) is 0 Å². The molecule has 1 heterocycles. The van der Waals surface area contributed by atoms with Crippen molar-refractivity contribution >= 4 is 23.1 Å². The standard InChI is InChI=1S/C25H32N6O/c1-4-6-23(22-14-28-16-29-22)31(21-8-5-7-19(13-21)25(26)27)15-24(32)30-20-11-9-18(10-12-20)17(2)3/h5,7-14,16-17,23H,4,6,15H2,1-3H3,(H3,26,27)(H,28,29)(H,30,32). The summed E-state index contributed by atoms with van der Waals surface area (Å²) in [6, 6.07) is 15.3. The van der Waals surface area contributed by atoms with E-state index in [0.717, 1.165) is 29.9 Å². The zero-order valence-electron chi connectivity index (χ0n) is 18.9. The first-order valence-electron chi connectivity index (χ1n) is 11.0. The number of amidine groups is 1. The number of imidazole rings is 1. The number of aromatic amines is 1. The molecule has 7 nitrogen and oxygen atoms in total. The Morgan fingerprint density at radius 1 is 1.22 bits per heavy atom. The van der Waals surface area contributed by atoms with Crippen LogP contribution in [0.15, 0.2) is 61.1 Å². The average Bonchev–Trinajstić information content (AvgIpc) is 3.31. The number of carbonyl (C=O) groups excluding carboxylic acids is 1. The lowest BCUT2D eigenvalue weighted by Gasteiger charge is -2.33. The molecular formula is C25H32N6O. The highest BCUT2D eigenvalue weighted by molar-refractivity contribution is 5.97. The Morgan fingerprint density at radius 3 is 2.56 bits per heavy atom. The van der Waals surface area contributed by atoms with Crippen LogP contribution in [-0.2, 0) is 4.79 Å². The number of rotatable bonds is 10. The number of hydrogen-bond donors (Lipinski definition) is 4. The van der Waals surface area contributed by atoms with Crippen molar-refractivity contribution in [3.8, 4) is 0 Å². The van der Waals surface area contributed by atoms with Gasteiger partial charge in [-0.05, 0) is 42.2 Å². The van der Waals surface area contributed by atoms with Crippen LogP contribution in [0.3, 0.4) is 0 Å². The number of H-pyrrole nitrogens is 1. The minimum Gasteiger partial charge on any atom is -0.384 e. The maximum atomic E-state index is 13.1. The van der Waals surface area contributed by atoms with E-state index in [1.165, 1.54) is 5.56 Å². The van der Waals surface area contributed by atoms with E-state index in [1.54, 1.807) is 18.6 Å². The number of aromatic nitrogens is 2. The molecule has 168 valence electrons. The zero-order chi connectivity index (χ0) is 23.1. The van der Waals surface area contributed by atoms with E-state index in [-0.39, 0.29) is 24.3 Å². The van der Waals surface area contributed by atoms with Crippen LogP contribution in [0.25, 0.3) is 0 Å². The maximum absolute atomic E-state index is 13.1. The lowest BCUT2D eigenvalue weighted by atomic mass is 10.0. The molecule has 1 amide bonds. The van der Waals surface area contributed by atoms with Crippen molar-refractivity contribution in [3.63, 3.8) is 0 Å². The molecule has 2 aromatic carbocycles. The minimum atomic E-state index is -0.115. The van der Waals surface area contributed by atoms with Crippen molar-refractivity contribution in [1.29, 1.82) is 5.41 Å². The fraction of sp³-hybridized carbons (Fsp3) is 0.320. The normalized spacial score (nSPS) is 11.9. The van der Waals surface area contributed by atoms with E-state index in [1.807, 2.05) is 47.4 Å². The van der Waals surface area contributed by atoms with Crippen LogP contribution >= 0.6 is 0 Å². The van der Waals surface area contributed by atoms with Crippen LogP contribution in [0.5, 0.6) is 0 Å². The van der Waals surface area contributed by atoms with E-state index in [2.05, 4.69) is 36.1 Å². The summed E-state index contributed by atoms with van der Waals surface area (Å²) in [5, 5.41) is 10.8. The first kappa shape index (κ1) is 23.1. The number of hydrogen-bond acceptors (Lipinski definition) is 4. The molecular weight excluding hydrogens is 400 g/mol. The van der Waals surface area contributed by atoms with Gasteiger partial charge in [0.05, 0.1) is 30.8 Å². The van der Waals surface area contributed by atoms with Crippen molar-refractivity contribution in [2.75, 3.05) is 16.8 Å². The summed E-state index contributed by atoms with van der Waals surface area (Å²) >= 11 is 0. The van der Waals surface area contributed by atoms with Gasteiger partial charge < -0.3 is 20.9 Å². The molecule has 0 aliphatic rings. The molecule has 0 saturated heterocycles. The van der Waals surface area contributed by atoms with E-state index in [0.29, 0.717) is 11.5 Å². The van der Waals surface area contributed by atoms with Gasteiger partial charge in [0.2, 0.25) is 5.91 Å². The number of nitrogens with two attached hydrogens (primary N) is 1. The number of nitrogens with one attached hydrogen (secondary N) is 3. The molecule has 0 aliphatic carbocycles. The number of amides is 1. The summed E-state index contributed by atoms with van der Waals surface area (Å²) in [7, 11) is 0. The molecule has 1 aromatic heterocycles. The second kappa shape index (κ2) is 10.6. The van der Waals surface area contributed by atoms with E-state index >= 15 is 0 Å². The van der Waals surface area contributed by atoms with Gasteiger partial charge in [0, 0.05) is 16.9 Å². The summed E-state index contributed by atoms with van der Waals surface area (Å²) in [5.74, 6) is 0.319. The zero-order valence-corrected chi connectivity index (χ0v) is 18.9. The van der Waals surface area contributed by atoms with Crippen LogP contribution in [0.2, 0.25) is 0 Å². The fourth-order valence-corrected chi connectivity index (χ4v) is 3.74. The van der Waals surface area contributed by atoms with Crippen LogP contribution in [0, 0.1) is 5.41 Å². The smallest absolute Gasteiger partial charge is 0.243 e. The van der Waals surface area contributed by atoms with Gasteiger partial charge in [-0.1, -0.05) is 51.5 Å². The lowest BCUT2D eigenvalue weighted by Crippen LogP contribution is -2.37. The molecule has 1 atom stereocenters. The fourth-order valence-electron chi connectivity index (χ4n) is 3.74. The van der Waals surface area contributed by atoms with Crippen molar-refractivity contribution in [1.82, 2.24) is 9.97 Å². The monoisotopic (exact) mass is 432 g/mol. The van der Waals surface area contributed by atoms with Crippen LogP contribution in [0.4, 0.5) is 11.4 Å². The molecule has 1 unspecified atom stereocenters. The molecule has 5 N–H and O–H groups in total. The highest BCUT2D eigenvalue weighted by Gasteiger charge is 2.24. The highest BCUT2D eigenvalue weighted by Crippen LogP contribution is 2.30. The third-order valence-electron chi connectivity index (χ3n) is 5.48. The van der Waals surface area contributed by atoms with Gasteiger partial charge in [0.15, 0.2) is 0 Å². The van der Waals surface area contributed by atoms with Crippen molar-refractivity contribution < 1.29 is 4.79 Å². The minimum absolute atomic E-state index is 0.00456. The molecule has 7 heteroatoms. The number of carbonyl (C=O) groups is 1. The molecule has 0 saturated carbocycles. The van der Waals surface area contributed by atoms with Gasteiger partial charge in [-0.15, -0.1) is 0 Å². The first-order valence-corrected chi connectivity index (χ1v) is 11.0. The van der Waals surface area contributed by atoms with Gasteiger partial charge in [-0.3, -0.25) is 10.2 Å². The third kappa shape index (κ3) is 5.75. The van der Waals surface area contributed by atoms with E-state index < -0.39 is 0 Å². The third-order valence-corrected chi connectivity index (χ3v) is 5.48. The topological polar surface area (TPSA) is 111 Å². The SMILES string of the molecule is CCCC(c1cnc[nH]1)N(CC(=O)Nc1ccc(C(C)C)cc1)c1cccc(C(=N)N)c1. The largest absolute Gasteiger partial charge is 0.384 e. The average molecular weight is 433 g/mol. The Hall–Kier alpha value is -3.61. The number of nitrogens with zero attached hydrogens (tertiary/aromatic N) is 2. The van der Waals surface area contributed by atoms with Gasteiger partial charge >= 0.3 is 0 Å². The summed E-state index contributed by atoms with van der Waals surface area (Å²) in [5.41, 5.74) is 10.1. The molecule has 0 aliphatic heterocycles. The van der Waals surface area contributed by atoms with E-state index in [4.69, 9.17) is 11.1 Å². The summed E-state index contributed by atoms with van der Waals surface area (Å²) in [6.45, 7) is 6.55. The van der Waals surface area contributed by atoms with Crippen molar-refractivity contribution in [2.24, 2.45) is 5.73 Å². The summed E-state index contributed by atoms with van der Waals surface area (Å²) in [4.78, 5) is 22.5. The van der Waals surface area contributed by atoms with Gasteiger partial charge in [0.25, 0.3) is 0 Å². The molecule has 32 heavy (non-hydrogen) atoms. The first-order chi connectivity index (χ1) is 15.4. The van der Waals surface area contributed by atoms with Gasteiger partial charge in [0.1, 0.15) is 5.84 Å². The molecule has 0 spiro atoms. The molecule has 3 rings (SSSR count). The Labute approximate surface area is 189 Å². The number of benzene rings is 2. The van der Waals surface area contributed by atoms with Crippen LogP contribution < -0.4 is 16.0 Å². The summed E-state index contributed by atoms with van der Waals surface area (Å²) < 4.78 is 0. The predicted octanol–water partition coefficient (Wildman–Crippen LogP) is 4.80. The predicted molar refractivity (Wildman–Crippen MR) is 130 cm³/mol. The Kier molecular flexibility index (Phi) is 7.65. The Balaban J connectivity index is 1.88. The van der Waals surface area contributed by atoms with E-state index in [9.17, 15) is 4.79 Å². The second-order valence-electron chi connectivity index (χ2n) is 8.23. The maximum Gasteiger partial charge on any atom is 0.243 e. The van der Waals surface area contributed by atoms with Gasteiger partial charge in [-0.25, -0.2) is 4.98 Å². The number of anilines is 2. The highest BCUT2D eigenvalue weighted by atomic mass is 16.2. The molecule has 0 radical (unpaired) electrons. The van der Waals surface area contributed by atoms with Crippen LogP contribution in [0.1, 0.15) is 62.4 Å². The number of nitrogen functional groups attached to an aromatic ring is 1. The van der Waals surface area contributed by atoms with Crippen LogP contribution in [-0.4, -0.2) is 28.3 Å². The van der Waals surface area contributed by atoms with Crippen molar-refractivity contribution in [2.45, 2.75) is 45.6 Å². The molecule has 3 aromatic rings. The quantitative estimate of drug-likeness (QED) is 0.272. The summed E-state index contributed by atoms with van der Waals surface area (Å²) in [6.07, 6.45) is 5.22. The molecule has 0 bridgehead atoms. The Morgan fingerprint density at radius 2 is 1.97 bits per heavy atom. The van der Waals surface area contributed by atoms with Crippen molar-refractivity contribution in [3.05, 3.63) is 77.9 Å². The second-order valence-corrected chi connectivity index (χ2v) is 8.23.